The van der Waals surface area contributed by atoms with Crippen LogP contribution in [0.15, 0.2) is 23.1 Å². The molecule has 10 heteroatoms. The molecule has 0 saturated carbocycles. The van der Waals surface area contributed by atoms with Crippen molar-refractivity contribution in [3.63, 3.8) is 0 Å². The number of carbonyl (C=O) groups excluding carboxylic acids is 2. The van der Waals surface area contributed by atoms with E-state index in [-0.39, 0.29) is 24.0 Å². The van der Waals surface area contributed by atoms with Gasteiger partial charge in [0, 0.05) is 44.9 Å². The van der Waals surface area contributed by atoms with E-state index >= 15 is 0 Å². The third-order valence-electron chi connectivity index (χ3n) is 4.15. The Bertz CT molecular complexity index is 724. The van der Waals surface area contributed by atoms with Crippen LogP contribution in [0.2, 0.25) is 0 Å². The van der Waals surface area contributed by atoms with Gasteiger partial charge in [-0.15, -0.1) is 0 Å². The Balaban J connectivity index is 1.87. The molecule has 1 aromatic heterocycles. The Morgan fingerprint density at radius 1 is 1.19 bits per heavy atom. The number of nitrogens with zero attached hydrogens (tertiary/aromatic N) is 4. The van der Waals surface area contributed by atoms with Crippen molar-refractivity contribution in [3.05, 3.63) is 38.8 Å². The molecule has 1 aliphatic rings. The van der Waals surface area contributed by atoms with E-state index in [0.717, 1.165) is 29.3 Å². The highest BCUT2D eigenvalue weighted by Gasteiger charge is 2.23. The van der Waals surface area contributed by atoms with E-state index in [9.17, 15) is 24.5 Å². The Morgan fingerprint density at radius 2 is 1.88 bits per heavy atom. The first-order valence-electron chi connectivity index (χ1n) is 8.52. The summed E-state index contributed by atoms with van der Waals surface area (Å²) in [4.78, 5) is 49.6. The van der Waals surface area contributed by atoms with Crippen molar-refractivity contribution in [2.75, 3.05) is 39.3 Å². The minimum atomic E-state index is -0.608. The Hall–Kier alpha value is -2.75. The van der Waals surface area contributed by atoms with Crippen molar-refractivity contribution in [1.82, 2.24) is 19.7 Å². The summed E-state index contributed by atoms with van der Waals surface area (Å²) >= 11 is 0. The second-order valence-corrected chi connectivity index (χ2v) is 6.12. The maximum absolute atomic E-state index is 12.4. The van der Waals surface area contributed by atoms with E-state index in [1.54, 1.807) is 4.90 Å². The van der Waals surface area contributed by atoms with Gasteiger partial charge in [-0.1, -0.05) is 6.92 Å². The molecule has 142 valence electrons. The molecule has 1 N–H and O–H groups in total. The number of aromatic nitrogens is 1. The van der Waals surface area contributed by atoms with Crippen LogP contribution in [-0.2, 0) is 16.1 Å². The van der Waals surface area contributed by atoms with Gasteiger partial charge in [-0.05, 0) is 6.42 Å². The van der Waals surface area contributed by atoms with Gasteiger partial charge in [0.1, 0.15) is 6.54 Å². The molecule has 0 radical (unpaired) electrons. The maximum atomic E-state index is 12.4. The van der Waals surface area contributed by atoms with E-state index in [1.807, 2.05) is 11.8 Å². The van der Waals surface area contributed by atoms with Crippen molar-refractivity contribution in [2.45, 2.75) is 19.9 Å². The Kier molecular flexibility index (Phi) is 6.84. The van der Waals surface area contributed by atoms with E-state index < -0.39 is 10.5 Å². The summed E-state index contributed by atoms with van der Waals surface area (Å²) in [6.45, 7) is 4.72. The molecule has 0 aliphatic carbocycles. The molecule has 0 spiro atoms. The molecule has 10 nitrogen and oxygen atoms in total. The molecule has 0 atom stereocenters. The smallest absolute Gasteiger partial charge is 0.285 e. The van der Waals surface area contributed by atoms with Gasteiger partial charge in [0.2, 0.25) is 11.8 Å². The minimum Gasteiger partial charge on any atom is -0.355 e. The molecular weight excluding hydrogens is 342 g/mol. The van der Waals surface area contributed by atoms with E-state index in [1.165, 1.54) is 0 Å². The number of rotatable bonds is 7. The SMILES string of the molecule is CCCNC(=O)CN1CCN(C(=O)Cn2cc([N+](=O)[O-])ccc2=O)CC1. The second-order valence-electron chi connectivity index (χ2n) is 6.12. The van der Waals surface area contributed by atoms with Crippen LogP contribution >= 0.6 is 0 Å². The second kappa shape index (κ2) is 9.09. The number of carbonyl (C=O) groups is 2. The number of nitro groups is 1. The predicted octanol–water partition coefficient (Wildman–Crippen LogP) is -0.573. The number of pyridine rings is 1. The van der Waals surface area contributed by atoms with E-state index in [0.29, 0.717) is 39.3 Å². The van der Waals surface area contributed by atoms with Gasteiger partial charge >= 0.3 is 0 Å². The predicted molar refractivity (Wildman–Crippen MR) is 93.7 cm³/mol. The lowest BCUT2D eigenvalue weighted by Gasteiger charge is -2.34. The van der Waals surface area contributed by atoms with Gasteiger partial charge < -0.3 is 10.2 Å². The van der Waals surface area contributed by atoms with E-state index in [2.05, 4.69) is 5.32 Å². The zero-order valence-corrected chi connectivity index (χ0v) is 14.7. The molecule has 2 heterocycles. The fraction of sp³-hybridized carbons (Fsp3) is 0.562. The number of amides is 2. The van der Waals surface area contributed by atoms with Crippen LogP contribution in [0.25, 0.3) is 0 Å². The highest BCUT2D eigenvalue weighted by Crippen LogP contribution is 2.08. The number of nitrogens with one attached hydrogen (secondary N) is 1. The van der Waals surface area contributed by atoms with Crippen LogP contribution in [0.5, 0.6) is 0 Å². The first kappa shape index (κ1) is 19.6. The normalized spacial score (nSPS) is 14.9. The van der Waals surface area contributed by atoms with Gasteiger partial charge in [0.15, 0.2) is 0 Å². The lowest BCUT2D eigenvalue weighted by molar-refractivity contribution is -0.385. The zero-order chi connectivity index (χ0) is 19.1. The molecule has 0 unspecified atom stereocenters. The third kappa shape index (κ3) is 5.38. The summed E-state index contributed by atoms with van der Waals surface area (Å²) in [5, 5.41) is 13.6. The molecule has 2 rings (SSSR count). The van der Waals surface area contributed by atoms with Crippen LogP contribution < -0.4 is 10.9 Å². The lowest BCUT2D eigenvalue weighted by Crippen LogP contribution is -2.52. The fourth-order valence-corrected chi connectivity index (χ4v) is 2.67. The standard InChI is InChI=1S/C16H23N5O5/c1-2-5-17-14(22)11-18-6-8-19(9-7-18)16(24)12-20-10-13(21(25)26)3-4-15(20)23/h3-4,10H,2,5-9,11-12H2,1H3,(H,17,22). The summed E-state index contributed by atoms with van der Waals surface area (Å²) in [6.07, 6.45) is 1.96. The number of hydrogen-bond donors (Lipinski definition) is 1. The summed E-state index contributed by atoms with van der Waals surface area (Å²) in [6, 6.07) is 2.20. The van der Waals surface area contributed by atoms with Crippen molar-refractivity contribution in [3.8, 4) is 0 Å². The molecule has 2 amide bonds. The first-order chi connectivity index (χ1) is 12.4. The van der Waals surface area contributed by atoms with E-state index in [4.69, 9.17) is 0 Å². The highest BCUT2D eigenvalue weighted by molar-refractivity contribution is 5.78. The van der Waals surface area contributed by atoms with Crippen molar-refractivity contribution in [1.29, 1.82) is 0 Å². The van der Waals surface area contributed by atoms with Crippen LogP contribution in [0, 0.1) is 10.1 Å². The largest absolute Gasteiger partial charge is 0.355 e. The number of piperazine rings is 1. The summed E-state index contributed by atoms with van der Waals surface area (Å²) in [7, 11) is 0. The Labute approximate surface area is 150 Å². The molecule has 1 fully saturated rings. The molecule has 0 aromatic carbocycles. The fourth-order valence-electron chi connectivity index (χ4n) is 2.67. The summed E-state index contributed by atoms with van der Waals surface area (Å²) < 4.78 is 1.05. The van der Waals surface area contributed by atoms with Crippen LogP contribution in [0.1, 0.15) is 13.3 Å². The quantitative estimate of drug-likeness (QED) is 0.511. The summed E-state index contributed by atoms with van der Waals surface area (Å²) in [5.41, 5.74) is -0.699. The third-order valence-corrected chi connectivity index (χ3v) is 4.15. The highest BCUT2D eigenvalue weighted by atomic mass is 16.6. The van der Waals surface area contributed by atoms with Gasteiger partial charge in [0.05, 0.1) is 17.7 Å². The maximum Gasteiger partial charge on any atom is 0.285 e. The van der Waals surface area contributed by atoms with Crippen LogP contribution in [-0.4, -0.2) is 70.4 Å². The average molecular weight is 365 g/mol. The molecule has 1 aliphatic heterocycles. The van der Waals surface area contributed by atoms with Gasteiger partial charge in [-0.25, -0.2) is 0 Å². The molecule has 1 aromatic rings. The Morgan fingerprint density at radius 3 is 2.50 bits per heavy atom. The lowest BCUT2D eigenvalue weighted by atomic mass is 10.3. The van der Waals surface area contributed by atoms with Crippen LogP contribution in [0.4, 0.5) is 5.69 Å². The van der Waals surface area contributed by atoms with Crippen LogP contribution in [0.3, 0.4) is 0 Å². The number of hydrogen-bond acceptors (Lipinski definition) is 6. The zero-order valence-electron chi connectivity index (χ0n) is 14.7. The molecule has 0 bridgehead atoms. The van der Waals surface area contributed by atoms with Gasteiger partial charge in [0.25, 0.3) is 11.2 Å². The molecule has 1 saturated heterocycles. The molecular formula is C16H23N5O5. The van der Waals surface area contributed by atoms with Crippen molar-refractivity contribution in [2.24, 2.45) is 0 Å². The van der Waals surface area contributed by atoms with Crippen molar-refractivity contribution < 1.29 is 14.5 Å². The average Bonchev–Trinajstić information content (AvgIpc) is 2.62. The van der Waals surface area contributed by atoms with Gasteiger partial charge in [-0.2, -0.15) is 0 Å². The van der Waals surface area contributed by atoms with Gasteiger partial charge in [-0.3, -0.25) is 34.0 Å². The monoisotopic (exact) mass is 365 g/mol. The first-order valence-corrected chi connectivity index (χ1v) is 8.52. The van der Waals surface area contributed by atoms with Crippen molar-refractivity contribution >= 4 is 17.5 Å². The topological polar surface area (TPSA) is 118 Å². The summed E-state index contributed by atoms with van der Waals surface area (Å²) in [5.74, 6) is -0.308. The minimum absolute atomic E-state index is 0.0326. The molecule has 26 heavy (non-hydrogen) atoms.